The van der Waals surface area contributed by atoms with E-state index in [0.29, 0.717) is 6.54 Å². The fourth-order valence-electron chi connectivity index (χ4n) is 2.17. The van der Waals surface area contributed by atoms with Crippen LogP contribution in [0.5, 0.6) is 0 Å². The minimum absolute atomic E-state index is 0.125. The normalized spacial score (nSPS) is 13.1. The van der Waals surface area contributed by atoms with Gasteiger partial charge in [0.05, 0.1) is 18.8 Å². The summed E-state index contributed by atoms with van der Waals surface area (Å²) in [7, 11) is -3.37. The van der Waals surface area contributed by atoms with Crippen LogP contribution in [0.2, 0.25) is 0 Å². The molecule has 124 valence electrons. The lowest BCUT2D eigenvalue weighted by molar-refractivity contribution is -0.121. The Morgan fingerprint density at radius 1 is 1.23 bits per heavy atom. The van der Waals surface area contributed by atoms with E-state index in [1.165, 1.54) is 4.31 Å². The van der Waals surface area contributed by atoms with Crippen molar-refractivity contribution >= 4 is 15.9 Å². The molecule has 0 bridgehead atoms. The first-order valence-electron chi connectivity index (χ1n) is 7.64. The van der Waals surface area contributed by atoms with Crippen molar-refractivity contribution in [3.8, 4) is 0 Å². The quantitative estimate of drug-likeness (QED) is 0.708. The first kappa shape index (κ1) is 18.6. The number of nitrogens with one attached hydrogen (secondary N) is 1. The van der Waals surface area contributed by atoms with E-state index in [1.807, 2.05) is 37.3 Å². The van der Waals surface area contributed by atoms with Gasteiger partial charge in [-0.3, -0.25) is 4.79 Å². The molecular formula is C16H26N2O3S. The van der Waals surface area contributed by atoms with Crippen molar-refractivity contribution in [2.75, 3.05) is 19.3 Å². The molecule has 6 heteroatoms. The Bertz CT molecular complexity index is 558. The van der Waals surface area contributed by atoms with Gasteiger partial charge in [0, 0.05) is 6.54 Å². The highest BCUT2D eigenvalue weighted by molar-refractivity contribution is 7.88. The molecule has 0 radical (unpaired) electrons. The summed E-state index contributed by atoms with van der Waals surface area (Å²) in [6, 6.07) is 9.45. The maximum absolute atomic E-state index is 12.1. The van der Waals surface area contributed by atoms with Gasteiger partial charge in [0.15, 0.2) is 0 Å². The molecule has 0 aliphatic heterocycles. The molecule has 1 atom stereocenters. The molecule has 22 heavy (non-hydrogen) atoms. The highest BCUT2D eigenvalue weighted by atomic mass is 32.2. The van der Waals surface area contributed by atoms with Gasteiger partial charge < -0.3 is 5.32 Å². The van der Waals surface area contributed by atoms with Gasteiger partial charge in [-0.1, -0.05) is 50.1 Å². The second kappa shape index (κ2) is 8.90. The number of hydrogen-bond donors (Lipinski definition) is 1. The number of hydrogen-bond acceptors (Lipinski definition) is 3. The minimum Gasteiger partial charge on any atom is -0.348 e. The number of rotatable bonds is 9. The summed E-state index contributed by atoms with van der Waals surface area (Å²) in [5.41, 5.74) is 0.993. The van der Waals surface area contributed by atoms with Gasteiger partial charge in [-0.05, 0) is 18.9 Å². The Labute approximate surface area is 133 Å². The van der Waals surface area contributed by atoms with Crippen molar-refractivity contribution in [1.82, 2.24) is 9.62 Å². The number of carbonyl (C=O) groups excluding carboxylic acids is 1. The summed E-state index contributed by atoms with van der Waals surface area (Å²) >= 11 is 0. The molecule has 0 spiro atoms. The second-order valence-electron chi connectivity index (χ2n) is 5.50. The Kier molecular flexibility index (Phi) is 7.55. The molecule has 0 saturated carbocycles. The van der Waals surface area contributed by atoms with E-state index in [0.717, 1.165) is 31.1 Å². The molecule has 1 N–H and O–H groups in total. The Morgan fingerprint density at radius 3 is 2.41 bits per heavy atom. The van der Waals surface area contributed by atoms with Crippen LogP contribution >= 0.6 is 0 Å². The topological polar surface area (TPSA) is 66.5 Å². The number of unbranched alkanes of at least 4 members (excludes halogenated alkanes) is 2. The summed E-state index contributed by atoms with van der Waals surface area (Å²) in [6.07, 6.45) is 3.88. The summed E-state index contributed by atoms with van der Waals surface area (Å²) in [4.78, 5) is 12.1. The highest BCUT2D eigenvalue weighted by Gasteiger charge is 2.20. The monoisotopic (exact) mass is 326 g/mol. The first-order valence-corrected chi connectivity index (χ1v) is 9.49. The fourth-order valence-corrected chi connectivity index (χ4v) is 2.99. The van der Waals surface area contributed by atoms with Crippen LogP contribution < -0.4 is 5.32 Å². The minimum atomic E-state index is -3.37. The van der Waals surface area contributed by atoms with Crippen molar-refractivity contribution in [2.45, 2.75) is 39.2 Å². The van der Waals surface area contributed by atoms with E-state index in [1.54, 1.807) is 0 Å². The Morgan fingerprint density at radius 2 is 1.86 bits per heavy atom. The molecule has 5 nitrogen and oxygen atoms in total. The van der Waals surface area contributed by atoms with Crippen molar-refractivity contribution in [3.63, 3.8) is 0 Å². The molecule has 1 unspecified atom stereocenters. The number of amides is 1. The summed E-state index contributed by atoms with van der Waals surface area (Å²) in [5.74, 6) is -0.279. The van der Waals surface area contributed by atoms with Gasteiger partial charge in [-0.2, -0.15) is 4.31 Å². The van der Waals surface area contributed by atoms with E-state index in [-0.39, 0.29) is 18.5 Å². The smallest absolute Gasteiger partial charge is 0.235 e. The molecule has 1 amide bonds. The molecule has 1 aromatic carbocycles. The summed E-state index contributed by atoms with van der Waals surface area (Å²) in [6.45, 7) is 4.20. The zero-order valence-electron chi connectivity index (χ0n) is 13.6. The molecule has 0 aromatic heterocycles. The maximum atomic E-state index is 12.1. The highest BCUT2D eigenvalue weighted by Crippen LogP contribution is 2.11. The number of benzene rings is 1. The average molecular weight is 326 g/mol. The van der Waals surface area contributed by atoms with Crippen molar-refractivity contribution in [1.29, 1.82) is 0 Å². The molecule has 0 heterocycles. The SMILES string of the molecule is CCCCCN(CC(=O)NC(C)c1ccccc1)S(C)(=O)=O. The predicted octanol–water partition coefficient (Wildman–Crippen LogP) is 2.32. The number of nitrogens with zero attached hydrogens (tertiary/aromatic N) is 1. The zero-order chi connectivity index (χ0) is 16.6. The molecule has 0 aliphatic carbocycles. The van der Waals surface area contributed by atoms with Gasteiger partial charge >= 0.3 is 0 Å². The predicted molar refractivity (Wildman–Crippen MR) is 88.9 cm³/mol. The van der Waals surface area contributed by atoms with E-state index < -0.39 is 10.0 Å². The van der Waals surface area contributed by atoms with Crippen LogP contribution in [0.1, 0.15) is 44.7 Å². The van der Waals surface area contributed by atoms with Crippen LogP contribution in [-0.4, -0.2) is 38.0 Å². The third kappa shape index (κ3) is 6.58. The standard InChI is InChI=1S/C16H26N2O3S/c1-4-5-9-12-18(22(3,20)21)13-16(19)17-14(2)15-10-7-6-8-11-15/h6-8,10-11,14H,4-5,9,12-13H2,1-3H3,(H,17,19). The summed E-state index contributed by atoms with van der Waals surface area (Å²) in [5, 5.41) is 2.84. The third-order valence-corrected chi connectivity index (χ3v) is 4.73. The first-order chi connectivity index (χ1) is 10.3. The van der Waals surface area contributed by atoms with Crippen LogP contribution in [-0.2, 0) is 14.8 Å². The van der Waals surface area contributed by atoms with E-state index in [4.69, 9.17) is 0 Å². The van der Waals surface area contributed by atoms with Crippen molar-refractivity contribution < 1.29 is 13.2 Å². The molecule has 1 aromatic rings. The molecule has 0 aliphatic rings. The van der Waals surface area contributed by atoms with Gasteiger partial charge in [0.1, 0.15) is 0 Å². The lowest BCUT2D eigenvalue weighted by Crippen LogP contribution is -2.41. The lowest BCUT2D eigenvalue weighted by atomic mass is 10.1. The van der Waals surface area contributed by atoms with Crippen LogP contribution in [0.3, 0.4) is 0 Å². The van der Waals surface area contributed by atoms with E-state index in [2.05, 4.69) is 12.2 Å². The summed E-state index contributed by atoms with van der Waals surface area (Å²) < 4.78 is 24.8. The van der Waals surface area contributed by atoms with Crippen LogP contribution in [0.25, 0.3) is 0 Å². The fraction of sp³-hybridized carbons (Fsp3) is 0.562. The third-order valence-electron chi connectivity index (χ3n) is 3.48. The lowest BCUT2D eigenvalue weighted by Gasteiger charge is -2.21. The van der Waals surface area contributed by atoms with Gasteiger partial charge in [0.2, 0.25) is 15.9 Å². The van der Waals surface area contributed by atoms with E-state index >= 15 is 0 Å². The van der Waals surface area contributed by atoms with Crippen LogP contribution in [0, 0.1) is 0 Å². The largest absolute Gasteiger partial charge is 0.348 e. The molecule has 1 rings (SSSR count). The molecular weight excluding hydrogens is 300 g/mol. The van der Waals surface area contributed by atoms with Gasteiger partial charge in [0.25, 0.3) is 0 Å². The van der Waals surface area contributed by atoms with Crippen molar-refractivity contribution in [2.24, 2.45) is 0 Å². The zero-order valence-corrected chi connectivity index (χ0v) is 14.4. The van der Waals surface area contributed by atoms with Crippen LogP contribution in [0.15, 0.2) is 30.3 Å². The Balaban J connectivity index is 2.59. The number of carbonyl (C=O) groups is 1. The maximum Gasteiger partial charge on any atom is 0.235 e. The second-order valence-corrected chi connectivity index (χ2v) is 7.49. The molecule has 0 fully saturated rings. The Hall–Kier alpha value is -1.40. The van der Waals surface area contributed by atoms with Gasteiger partial charge in [-0.25, -0.2) is 8.42 Å². The number of sulfonamides is 1. The average Bonchev–Trinajstić information content (AvgIpc) is 2.46. The molecule has 0 saturated heterocycles. The van der Waals surface area contributed by atoms with E-state index in [9.17, 15) is 13.2 Å². The van der Waals surface area contributed by atoms with Gasteiger partial charge in [-0.15, -0.1) is 0 Å². The van der Waals surface area contributed by atoms with Crippen molar-refractivity contribution in [3.05, 3.63) is 35.9 Å². The van der Waals surface area contributed by atoms with Crippen LogP contribution in [0.4, 0.5) is 0 Å².